The first-order valence-electron chi connectivity index (χ1n) is 15.4. The van der Waals surface area contributed by atoms with Gasteiger partial charge < -0.3 is 29.1 Å². The van der Waals surface area contributed by atoms with Crippen molar-refractivity contribution in [2.45, 2.75) is 84.6 Å². The molecule has 0 bridgehead atoms. The number of aliphatic hydroxyl groups excluding tert-OH is 1. The van der Waals surface area contributed by atoms with Crippen molar-refractivity contribution in [3.63, 3.8) is 0 Å². The number of fused-ring (bicyclic) bond motifs is 3. The summed E-state index contributed by atoms with van der Waals surface area (Å²) in [6.45, 7) is 10.9. The summed E-state index contributed by atoms with van der Waals surface area (Å²) in [5.74, 6) is 0.705. The van der Waals surface area contributed by atoms with Crippen LogP contribution >= 0.6 is 0 Å². The average molecular weight is 589 g/mol. The van der Waals surface area contributed by atoms with Gasteiger partial charge in [-0.2, -0.15) is 0 Å². The van der Waals surface area contributed by atoms with Gasteiger partial charge in [-0.15, -0.1) is 0 Å². The molecule has 1 fully saturated rings. The number of benzene rings is 2. The lowest BCUT2D eigenvalue weighted by Crippen LogP contribution is -2.49. The number of morpholine rings is 1. The third-order valence-electron chi connectivity index (χ3n) is 8.66. The van der Waals surface area contributed by atoms with Crippen molar-refractivity contribution in [2.24, 2.45) is 0 Å². The molecule has 8 heteroatoms. The second-order valence-corrected chi connectivity index (χ2v) is 12.4. The molecule has 0 aromatic heterocycles. The molecule has 1 saturated heterocycles. The maximum Gasteiger partial charge on any atom is 0.415 e. The van der Waals surface area contributed by atoms with Gasteiger partial charge in [-0.05, 0) is 65.0 Å². The maximum absolute atomic E-state index is 13.7. The number of ether oxygens (including phenoxy) is 3. The highest BCUT2D eigenvalue weighted by atomic mass is 16.6. The lowest BCUT2D eigenvalue weighted by atomic mass is 9.84. The summed E-state index contributed by atoms with van der Waals surface area (Å²) in [6, 6.07) is 11.5. The Morgan fingerprint density at radius 2 is 1.84 bits per heavy atom. The Morgan fingerprint density at radius 1 is 1.09 bits per heavy atom. The number of nitrogens with zero attached hydrogens (tertiary/aromatic N) is 2. The molecule has 0 unspecified atom stereocenters. The van der Waals surface area contributed by atoms with E-state index in [-0.39, 0.29) is 18.1 Å². The second-order valence-electron chi connectivity index (χ2n) is 12.4. The Morgan fingerprint density at radius 3 is 2.56 bits per heavy atom. The summed E-state index contributed by atoms with van der Waals surface area (Å²) in [5.41, 5.74) is 4.70. The van der Waals surface area contributed by atoms with Crippen molar-refractivity contribution in [2.75, 3.05) is 26.3 Å². The number of hydrogen-bond donors (Lipinski definition) is 1. The minimum absolute atomic E-state index is 0.128. The molecule has 230 valence electrons. The quantitative estimate of drug-likeness (QED) is 0.351. The van der Waals surface area contributed by atoms with Crippen molar-refractivity contribution in [1.82, 2.24) is 9.80 Å². The summed E-state index contributed by atoms with van der Waals surface area (Å²) in [6.07, 6.45) is 6.82. The van der Waals surface area contributed by atoms with Crippen LogP contribution < -0.4 is 9.47 Å². The Hall–Kier alpha value is -3.62. The third kappa shape index (κ3) is 7.13. The predicted octanol–water partition coefficient (Wildman–Crippen LogP) is 6.20. The molecule has 5 rings (SSSR count). The third-order valence-corrected chi connectivity index (χ3v) is 8.66. The number of carbonyl (C=O) groups excluding carboxylic acids is 2. The van der Waals surface area contributed by atoms with Crippen LogP contribution in [-0.4, -0.2) is 64.9 Å². The van der Waals surface area contributed by atoms with Crippen LogP contribution in [0, 0.1) is 0 Å². The minimum Gasteiger partial charge on any atom is -0.484 e. The molecule has 2 amide bonds. The van der Waals surface area contributed by atoms with E-state index in [0.717, 1.165) is 30.4 Å². The Kier molecular flexibility index (Phi) is 9.57. The van der Waals surface area contributed by atoms with Gasteiger partial charge in [0.05, 0.1) is 31.4 Å². The molecule has 0 spiro atoms. The first-order valence-corrected chi connectivity index (χ1v) is 15.4. The molecule has 3 heterocycles. The molecule has 1 N–H and O–H groups in total. The van der Waals surface area contributed by atoms with E-state index >= 15 is 0 Å². The summed E-state index contributed by atoms with van der Waals surface area (Å²) < 4.78 is 18.0. The molecule has 2 aromatic carbocycles. The molecule has 0 saturated carbocycles. The fraction of sp³-hybridized carbons (Fsp3) is 0.486. The lowest BCUT2D eigenvalue weighted by Gasteiger charge is -2.41. The van der Waals surface area contributed by atoms with E-state index in [2.05, 4.69) is 32.9 Å². The van der Waals surface area contributed by atoms with Gasteiger partial charge in [0.15, 0.2) is 0 Å². The highest BCUT2D eigenvalue weighted by molar-refractivity contribution is 6.00. The number of aliphatic hydroxyl groups is 1. The molecule has 0 aliphatic carbocycles. The Bertz CT molecular complexity index is 1390. The Labute approximate surface area is 254 Å². The van der Waals surface area contributed by atoms with E-state index in [4.69, 9.17) is 14.2 Å². The van der Waals surface area contributed by atoms with Gasteiger partial charge >= 0.3 is 6.09 Å². The van der Waals surface area contributed by atoms with Crippen LogP contribution in [0.1, 0.15) is 80.4 Å². The average Bonchev–Trinajstić information content (AvgIpc) is 3.29. The fourth-order valence-corrected chi connectivity index (χ4v) is 5.97. The largest absolute Gasteiger partial charge is 0.484 e. The molecular weight excluding hydrogens is 544 g/mol. The highest BCUT2D eigenvalue weighted by Crippen LogP contribution is 2.47. The van der Waals surface area contributed by atoms with Gasteiger partial charge in [-0.1, -0.05) is 53.6 Å². The summed E-state index contributed by atoms with van der Waals surface area (Å²) in [5, 5.41) is 11.4. The Balaban J connectivity index is 1.41. The van der Waals surface area contributed by atoms with Gasteiger partial charge in [-0.25, -0.2) is 4.79 Å². The van der Waals surface area contributed by atoms with Gasteiger partial charge in [0.25, 0.3) is 5.91 Å². The van der Waals surface area contributed by atoms with Crippen LogP contribution in [0.5, 0.6) is 11.5 Å². The van der Waals surface area contributed by atoms with Gasteiger partial charge in [0.1, 0.15) is 17.1 Å². The zero-order valence-corrected chi connectivity index (χ0v) is 25.9. The van der Waals surface area contributed by atoms with Crippen LogP contribution in [0.3, 0.4) is 0 Å². The van der Waals surface area contributed by atoms with Crippen LogP contribution in [0.2, 0.25) is 0 Å². The maximum atomic E-state index is 13.7. The minimum atomic E-state index is -0.861. The first kappa shape index (κ1) is 30.8. The highest BCUT2D eigenvalue weighted by Gasteiger charge is 2.44. The lowest BCUT2D eigenvalue weighted by molar-refractivity contribution is -0.0599. The van der Waals surface area contributed by atoms with Crippen molar-refractivity contribution >= 4 is 12.0 Å². The molecule has 2 atom stereocenters. The van der Waals surface area contributed by atoms with Gasteiger partial charge in [-0.3, -0.25) is 4.79 Å². The molecule has 8 nitrogen and oxygen atoms in total. The van der Waals surface area contributed by atoms with Crippen LogP contribution in [0.15, 0.2) is 59.7 Å². The van der Waals surface area contributed by atoms with E-state index in [1.807, 2.05) is 37.3 Å². The number of rotatable bonds is 9. The van der Waals surface area contributed by atoms with Gasteiger partial charge in [0.2, 0.25) is 0 Å². The summed E-state index contributed by atoms with van der Waals surface area (Å²) in [7, 11) is 0. The zero-order chi connectivity index (χ0) is 30.6. The smallest absolute Gasteiger partial charge is 0.415 e. The van der Waals surface area contributed by atoms with Crippen molar-refractivity contribution in [1.29, 1.82) is 0 Å². The normalized spacial score (nSPS) is 21.7. The molecular formula is C35H44N2O6. The molecule has 2 aromatic rings. The molecule has 3 aliphatic rings. The predicted molar refractivity (Wildman–Crippen MR) is 165 cm³/mol. The van der Waals surface area contributed by atoms with Crippen molar-refractivity contribution in [3.05, 3.63) is 82.0 Å². The fourth-order valence-electron chi connectivity index (χ4n) is 5.97. The SMILES string of the molecule is CC(C)=CCC/C(C)=C/CC[C@@]1(C)Oc2c(c(OC(=O)N3CCOCC3)cc3c2CN(Cc2ccccc2)C3=O)C[C@@H]1O. The van der Waals surface area contributed by atoms with Gasteiger partial charge in [0, 0.05) is 37.2 Å². The number of allylic oxidation sites excluding steroid dienone is 4. The van der Waals surface area contributed by atoms with E-state index in [1.54, 1.807) is 15.9 Å². The van der Waals surface area contributed by atoms with Crippen molar-refractivity contribution < 1.29 is 28.9 Å². The topological polar surface area (TPSA) is 88.5 Å². The zero-order valence-electron chi connectivity index (χ0n) is 25.9. The number of amides is 2. The van der Waals surface area contributed by atoms with E-state index in [1.165, 1.54) is 11.1 Å². The van der Waals surface area contributed by atoms with Crippen LogP contribution in [0.4, 0.5) is 4.79 Å². The van der Waals surface area contributed by atoms with E-state index < -0.39 is 17.8 Å². The monoisotopic (exact) mass is 588 g/mol. The number of carbonyl (C=O) groups is 2. The van der Waals surface area contributed by atoms with Crippen LogP contribution in [-0.2, 0) is 24.2 Å². The standard InChI is InChI=1S/C35H44N2O6/c1-24(2)10-8-11-25(3)12-9-15-35(4)31(38)21-28-30(42-34(40)36-16-18-41-19-17-36)20-27-29(32(28)43-35)23-37(33(27)39)22-26-13-6-5-7-14-26/h5-7,10,12-14,20,31,38H,8-9,11,15-19,21-23H2,1-4H3/b25-12+/t31-,35+/m0/s1. The van der Waals surface area contributed by atoms with E-state index in [9.17, 15) is 14.7 Å². The van der Waals surface area contributed by atoms with Crippen molar-refractivity contribution in [3.8, 4) is 11.5 Å². The molecule has 3 aliphatic heterocycles. The second kappa shape index (κ2) is 13.3. The number of hydrogen-bond acceptors (Lipinski definition) is 6. The summed E-state index contributed by atoms with van der Waals surface area (Å²) >= 11 is 0. The molecule has 43 heavy (non-hydrogen) atoms. The van der Waals surface area contributed by atoms with Crippen LogP contribution in [0.25, 0.3) is 0 Å². The van der Waals surface area contributed by atoms with E-state index in [0.29, 0.717) is 62.7 Å². The molecule has 0 radical (unpaired) electrons. The summed E-state index contributed by atoms with van der Waals surface area (Å²) in [4.78, 5) is 30.2. The first-order chi connectivity index (χ1) is 20.6.